The van der Waals surface area contributed by atoms with E-state index in [1.165, 1.54) is 0 Å². The molecule has 0 bridgehead atoms. The summed E-state index contributed by atoms with van der Waals surface area (Å²) in [7, 11) is 5.80. The molecule has 3 aromatic rings. The molecule has 0 saturated heterocycles. The van der Waals surface area contributed by atoms with Gasteiger partial charge in [0, 0.05) is 17.0 Å². The van der Waals surface area contributed by atoms with Crippen molar-refractivity contribution in [2.24, 2.45) is 0 Å². The lowest BCUT2D eigenvalue weighted by atomic mass is 9.98. The Morgan fingerprint density at radius 3 is 2.86 bits per heavy atom. The highest BCUT2D eigenvalue weighted by molar-refractivity contribution is 6.39. The van der Waals surface area contributed by atoms with Crippen molar-refractivity contribution in [3.63, 3.8) is 0 Å². The van der Waals surface area contributed by atoms with Gasteiger partial charge in [0.15, 0.2) is 0 Å². The van der Waals surface area contributed by atoms with Crippen molar-refractivity contribution >= 4 is 35.4 Å². The van der Waals surface area contributed by atoms with E-state index < -0.39 is 0 Å². The molecule has 3 heteroatoms. The van der Waals surface area contributed by atoms with E-state index >= 15 is 0 Å². The Morgan fingerprint density at radius 2 is 1.93 bits per heavy atom. The molecule has 64 valence electrons. The SMILES string of the molecule is [B]c1nccc2oc3ccccc3c12. The third-order valence-corrected chi connectivity index (χ3v) is 2.32. The maximum absolute atomic E-state index is 5.80. The Hall–Kier alpha value is -1.77. The normalized spacial score (nSPS) is 11.1. The van der Waals surface area contributed by atoms with Gasteiger partial charge in [0.05, 0.1) is 0 Å². The molecule has 0 saturated carbocycles. The molecule has 0 amide bonds. The molecule has 2 aromatic heterocycles. The van der Waals surface area contributed by atoms with Gasteiger partial charge in [-0.2, -0.15) is 0 Å². The van der Waals surface area contributed by atoms with Crippen molar-refractivity contribution < 1.29 is 4.42 Å². The van der Waals surface area contributed by atoms with Crippen LogP contribution in [0.5, 0.6) is 0 Å². The molecule has 0 aliphatic heterocycles. The molecule has 3 rings (SSSR count). The van der Waals surface area contributed by atoms with Crippen LogP contribution in [0.3, 0.4) is 0 Å². The standard InChI is InChI=1S/C11H6BNO/c12-11-10-7-3-1-2-4-8(7)14-9(10)5-6-13-11/h1-6H. The summed E-state index contributed by atoms with van der Waals surface area (Å²) in [5.41, 5.74) is 2.16. The minimum absolute atomic E-state index is 0.521. The number of pyridine rings is 1. The van der Waals surface area contributed by atoms with Gasteiger partial charge in [-0.1, -0.05) is 18.2 Å². The highest BCUT2D eigenvalue weighted by Gasteiger charge is 2.07. The summed E-state index contributed by atoms with van der Waals surface area (Å²) in [4.78, 5) is 4.05. The fourth-order valence-corrected chi connectivity index (χ4v) is 1.70. The Morgan fingerprint density at radius 1 is 1.07 bits per heavy atom. The fourth-order valence-electron chi connectivity index (χ4n) is 1.70. The van der Waals surface area contributed by atoms with E-state index in [0.29, 0.717) is 5.59 Å². The van der Waals surface area contributed by atoms with Crippen molar-refractivity contribution in [1.29, 1.82) is 0 Å². The first-order valence-corrected chi connectivity index (χ1v) is 4.38. The van der Waals surface area contributed by atoms with E-state index in [-0.39, 0.29) is 0 Å². The van der Waals surface area contributed by atoms with Crippen LogP contribution < -0.4 is 5.59 Å². The smallest absolute Gasteiger partial charge is 0.142 e. The third-order valence-electron chi connectivity index (χ3n) is 2.32. The van der Waals surface area contributed by atoms with Crippen LogP contribution in [0.25, 0.3) is 21.9 Å². The van der Waals surface area contributed by atoms with Gasteiger partial charge in [0.1, 0.15) is 19.0 Å². The van der Waals surface area contributed by atoms with E-state index in [1.807, 2.05) is 30.3 Å². The van der Waals surface area contributed by atoms with Gasteiger partial charge in [-0.3, -0.25) is 4.98 Å². The lowest BCUT2D eigenvalue weighted by molar-refractivity contribution is 0.668. The van der Waals surface area contributed by atoms with Gasteiger partial charge >= 0.3 is 0 Å². The molecule has 2 nitrogen and oxygen atoms in total. The fraction of sp³-hybridized carbons (Fsp3) is 0. The minimum Gasteiger partial charge on any atom is -0.456 e. The molecular formula is C11H6BNO. The summed E-state index contributed by atoms with van der Waals surface area (Å²) in [5.74, 6) is 0. The second kappa shape index (κ2) is 2.61. The Kier molecular flexibility index (Phi) is 1.42. The van der Waals surface area contributed by atoms with Crippen LogP contribution >= 0.6 is 0 Å². The molecule has 14 heavy (non-hydrogen) atoms. The van der Waals surface area contributed by atoms with E-state index in [2.05, 4.69) is 4.98 Å². The summed E-state index contributed by atoms with van der Waals surface area (Å²) in [6, 6.07) is 9.64. The minimum atomic E-state index is 0.521. The van der Waals surface area contributed by atoms with Crippen molar-refractivity contribution in [2.45, 2.75) is 0 Å². The molecular weight excluding hydrogens is 173 g/mol. The predicted molar refractivity (Wildman–Crippen MR) is 56.9 cm³/mol. The third kappa shape index (κ3) is 0.895. The molecule has 2 radical (unpaired) electrons. The Bertz CT molecular complexity index is 615. The van der Waals surface area contributed by atoms with E-state index in [0.717, 1.165) is 21.9 Å². The highest BCUT2D eigenvalue weighted by Crippen LogP contribution is 2.25. The number of rotatable bonds is 0. The molecule has 0 fully saturated rings. The highest BCUT2D eigenvalue weighted by atomic mass is 16.3. The van der Waals surface area contributed by atoms with Gasteiger partial charge in [0.2, 0.25) is 0 Å². The van der Waals surface area contributed by atoms with Crippen LogP contribution in [-0.4, -0.2) is 12.8 Å². The lowest BCUT2D eigenvalue weighted by Crippen LogP contribution is -2.07. The summed E-state index contributed by atoms with van der Waals surface area (Å²) in [6.45, 7) is 0. The topological polar surface area (TPSA) is 26.0 Å². The van der Waals surface area contributed by atoms with Gasteiger partial charge < -0.3 is 4.42 Å². The number of fused-ring (bicyclic) bond motifs is 3. The van der Waals surface area contributed by atoms with Gasteiger partial charge in [-0.15, -0.1) is 0 Å². The van der Waals surface area contributed by atoms with Crippen LogP contribution in [0.4, 0.5) is 0 Å². The number of hydrogen-bond acceptors (Lipinski definition) is 2. The molecule has 1 aromatic carbocycles. The second-order valence-electron chi connectivity index (χ2n) is 3.17. The monoisotopic (exact) mass is 179 g/mol. The van der Waals surface area contributed by atoms with Crippen molar-refractivity contribution in [1.82, 2.24) is 4.98 Å². The molecule has 0 aliphatic carbocycles. The van der Waals surface area contributed by atoms with E-state index in [4.69, 9.17) is 12.3 Å². The molecule has 0 atom stereocenters. The van der Waals surface area contributed by atoms with Crippen LogP contribution in [0.1, 0.15) is 0 Å². The second-order valence-corrected chi connectivity index (χ2v) is 3.17. The first-order chi connectivity index (χ1) is 6.86. The largest absolute Gasteiger partial charge is 0.456 e. The average molecular weight is 179 g/mol. The van der Waals surface area contributed by atoms with Crippen molar-refractivity contribution in [3.05, 3.63) is 36.5 Å². The lowest BCUT2D eigenvalue weighted by Gasteiger charge is -1.92. The number of benzene rings is 1. The molecule has 0 unspecified atom stereocenters. The Labute approximate surface area is 82.0 Å². The first-order valence-electron chi connectivity index (χ1n) is 4.38. The summed E-state index contributed by atoms with van der Waals surface area (Å²) < 4.78 is 5.61. The quantitative estimate of drug-likeness (QED) is 0.491. The number of furan rings is 1. The van der Waals surface area contributed by atoms with Gasteiger partial charge in [-0.25, -0.2) is 0 Å². The zero-order chi connectivity index (χ0) is 9.54. The average Bonchev–Trinajstić information content (AvgIpc) is 2.57. The van der Waals surface area contributed by atoms with Gasteiger partial charge in [0.25, 0.3) is 0 Å². The van der Waals surface area contributed by atoms with E-state index in [9.17, 15) is 0 Å². The van der Waals surface area contributed by atoms with E-state index in [1.54, 1.807) is 6.20 Å². The maximum Gasteiger partial charge on any atom is 0.142 e. The van der Waals surface area contributed by atoms with Crippen molar-refractivity contribution in [3.8, 4) is 0 Å². The maximum atomic E-state index is 5.80. The van der Waals surface area contributed by atoms with Crippen LogP contribution in [-0.2, 0) is 0 Å². The number of aromatic nitrogens is 1. The van der Waals surface area contributed by atoms with Gasteiger partial charge in [-0.05, 0) is 17.7 Å². The molecule has 0 N–H and O–H groups in total. The predicted octanol–water partition coefficient (Wildman–Crippen LogP) is 1.77. The molecule has 2 heterocycles. The zero-order valence-electron chi connectivity index (χ0n) is 7.40. The number of hydrogen-bond donors (Lipinski definition) is 0. The summed E-state index contributed by atoms with van der Waals surface area (Å²) >= 11 is 0. The van der Waals surface area contributed by atoms with Crippen LogP contribution in [0.15, 0.2) is 40.9 Å². The summed E-state index contributed by atoms with van der Waals surface area (Å²) in [6.07, 6.45) is 1.65. The van der Waals surface area contributed by atoms with Crippen molar-refractivity contribution in [2.75, 3.05) is 0 Å². The zero-order valence-corrected chi connectivity index (χ0v) is 7.40. The molecule has 0 spiro atoms. The first kappa shape index (κ1) is 7.62. The summed E-state index contributed by atoms with van der Waals surface area (Å²) in [5, 5.41) is 1.93. The number of para-hydroxylation sites is 1. The van der Waals surface area contributed by atoms with Crippen LogP contribution in [0.2, 0.25) is 0 Å². The Balaban J connectivity index is 2.65. The number of nitrogens with zero attached hydrogens (tertiary/aromatic N) is 1. The molecule has 0 aliphatic rings. The van der Waals surface area contributed by atoms with Crippen LogP contribution in [0, 0.1) is 0 Å².